The van der Waals surface area contributed by atoms with Crippen molar-refractivity contribution >= 4 is 32.5 Å². The molecule has 0 spiro atoms. The fourth-order valence-electron chi connectivity index (χ4n) is 1.21. The molecule has 1 aromatic rings. The van der Waals surface area contributed by atoms with Gasteiger partial charge in [0.15, 0.2) is 6.10 Å². The van der Waals surface area contributed by atoms with Crippen molar-refractivity contribution in [3.8, 4) is 0 Å². The Hall–Kier alpha value is -0.772. The Morgan fingerprint density at radius 3 is 1.78 bits per heavy atom. The summed E-state index contributed by atoms with van der Waals surface area (Å²) in [4.78, 5) is 10.1. The fourth-order valence-corrected chi connectivity index (χ4v) is 1.64. The van der Waals surface area contributed by atoms with Gasteiger partial charge in [-0.15, -0.1) is 0 Å². The molecule has 0 saturated heterocycles. The normalized spacial score (nSPS) is 14.7. The van der Waals surface area contributed by atoms with Crippen molar-refractivity contribution in [2.75, 3.05) is 6.61 Å². The van der Waals surface area contributed by atoms with Crippen LogP contribution in [0.2, 0.25) is 0 Å². The molecule has 1 rings (SSSR count). The predicted molar refractivity (Wildman–Crippen MR) is 82.5 cm³/mol. The maximum absolute atomic E-state index is 10.1. The molecule has 0 aliphatic rings. The molecule has 10 heteroatoms. The van der Waals surface area contributed by atoms with E-state index in [1.807, 2.05) is 0 Å². The van der Waals surface area contributed by atoms with Gasteiger partial charge in [-0.2, -0.15) is 0 Å². The molecule has 0 aromatic heterocycles. The maximum atomic E-state index is 10.1. The van der Waals surface area contributed by atoms with E-state index in [2.05, 4.69) is 31.2 Å². The van der Waals surface area contributed by atoms with E-state index in [1.54, 1.807) is 23.0 Å². The van der Waals surface area contributed by atoms with E-state index in [0.717, 1.165) is 0 Å². The van der Waals surface area contributed by atoms with Crippen LogP contribution in [0.1, 0.15) is 5.56 Å². The molecule has 0 saturated carbocycles. The van der Waals surface area contributed by atoms with Crippen molar-refractivity contribution in [1.29, 1.82) is 0 Å². The third-order valence-electron chi connectivity index (χ3n) is 2.54. The Kier molecular flexibility index (Phi) is 16.1. The average Bonchev–Trinajstić information content (AvgIpc) is 2.47. The van der Waals surface area contributed by atoms with Crippen molar-refractivity contribution in [2.24, 2.45) is 0 Å². The molecule has 0 heterocycles. The number of benzene rings is 1. The summed E-state index contributed by atoms with van der Waals surface area (Å²) >= 11 is 1.76. The number of aliphatic hydroxyl groups excluding tert-OH is 5. The van der Waals surface area contributed by atoms with E-state index < -0.39 is 37.0 Å². The number of hydrogen-bond donors (Lipinski definition) is 6. The third kappa shape index (κ3) is 10.6. The Labute approximate surface area is 146 Å². The summed E-state index contributed by atoms with van der Waals surface area (Å²) in [7, 11) is 0. The van der Waals surface area contributed by atoms with Crippen LogP contribution in [0.25, 0.3) is 0 Å². The number of rotatable bonds is 5. The second kappa shape index (κ2) is 13.6. The Bertz CT molecular complexity index is 405. The van der Waals surface area contributed by atoms with Crippen molar-refractivity contribution in [3.05, 3.63) is 29.8 Å². The second-order valence-corrected chi connectivity index (χ2v) is 5.82. The number of hydrogen-bond acceptors (Lipinski definition) is 6. The fraction of sp³-hybridized carbons (Fsp3) is 0.462. The van der Waals surface area contributed by atoms with E-state index in [4.69, 9.17) is 30.6 Å². The number of aliphatic carboxylic acids is 1. The van der Waals surface area contributed by atoms with E-state index in [9.17, 15) is 4.79 Å². The van der Waals surface area contributed by atoms with Gasteiger partial charge in [0.05, 0.1) is 6.61 Å². The van der Waals surface area contributed by atoms with Crippen LogP contribution in [0.15, 0.2) is 24.3 Å². The van der Waals surface area contributed by atoms with E-state index in [0.29, 0.717) is 0 Å². The first-order valence-corrected chi connectivity index (χ1v) is 7.30. The van der Waals surface area contributed by atoms with Gasteiger partial charge in [-0.3, -0.25) is 0 Å². The summed E-state index contributed by atoms with van der Waals surface area (Å²) in [6.07, 6.45) is -7.84. The van der Waals surface area contributed by atoms with Gasteiger partial charge in [-0.05, 0) is 0 Å². The first-order valence-electron chi connectivity index (χ1n) is 6.02. The van der Waals surface area contributed by atoms with E-state index >= 15 is 0 Å². The van der Waals surface area contributed by atoms with Crippen LogP contribution < -0.4 is 3.51 Å². The van der Waals surface area contributed by atoms with Crippen LogP contribution in [0.5, 0.6) is 0 Å². The molecule has 0 fully saturated rings. The monoisotopic (exact) mass is 444 g/mol. The zero-order chi connectivity index (χ0) is 16.6. The summed E-state index contributed by atoms with van der Waals surface area (Å²) in [5, 5.41) is 51.8. The second-order valence-electron chi connectivity index (χ2n) is 4.35. The summed E-state index contributed by atoms with van der Waals surface area (Å²) < 4.78 is 1.38. The molecular weight excluding hydrogens is 422 g/mol. The number of carbonyl (C=O) groups is 1. The molecule has 0 aliphatic carbocycles. The van der Waals surface area contributed by atoms with Crippen LogP contribution in [0, 0.1) is 6.92 Å². The zero-order valence-electron chi connectivity index (χ0n) is 12.4. The van der Waals surface area contributed by atoms with Crippen LogP contribution >= 0.6 is 0 Å². The average molecular weight is 445 g/mol. The SMILES string of the molecule is Cc1cc[c]([Sb])cc1.O.O.O=C(O)[C@@H](O)[C@@H](O)[C@@H](O)[C@H](O)CO. The van der Waals surface area contributed by atoms with Gasteiger partial charge in [-0.1, -0.05) is 0 Å². The van der Waals surface area contributed by atoms with E-state index in [-0.39, 0.29) is 11.0 Å². The van der Waals surface area contributed by atoms with Crippen molar-refractivity contribution in [2.45, 2.75) is 31.3 Å². The van der Waals surface area contributed by atoms with Gasteiger partial charge < -0.3 is 41.6 Å². The van der Waals surface area contributed by atoms with Gasteiger partial charge in [-0.25, -0.2) is 4.79 Å². The number of aryl methyl sites for hydroxylation is 1. The molecule has 10 N–H and O–H groups in total. The van der Waals surface area contributed by atoms with Gasteiger partial charge >= 0.3 is 69.3 Å². The van der Waals surface area contributed by atoms with Crippen LogP contribution in [-0.4, -0.2) is 102 Å². The topological polar surface area (TPSA) is 201 Å². The Morgan fingerprint density at radius 2 is 1.48 bits per heavy atom. The third-order valence-corrected chi connectivity index (χ3v) is 3.39. The molecular formula is C13H23O9Sb. The minimum absolute atomic E-state index is 0. The molecule has 9 nitrogen and oxygen atoms in total. The molecule has 1 aromatic carbocycles. The number of carboxylic acids is 1. The Morgan fingerprint density at radius 1 is 1.04 bits per heavy atom. The molecule has 0 amide bonds. The summed E-state index contributed by atoms with van der Waals surface area (Å²) in [6, 6.07) is 8.55. The standard InChI is InChI=1S/C7H7.C6H12O7.2H2O.Sb/c1-7-5-3-2-4-6-7;7-1-2(8)3(9)4(10)5(11)6(12)13;;;/h3-6H,1H3;2-5,7-11H,1H2,(H,12,13);2*1H2;/t;2-,3+,4+,5+;;;/m.1.../s1. The van der Waals surface area contributed by atoms with Crippen molar-refractivity contribution in [3.63, 3.8) is 0 Å². The van der Waals surface area contributed by atoms with Crippen LogP contribution in [0.4, 0.5) is 0 Å². The number of carboxylic acid groups (broad SMARTS) is 1. The maximum Gasteiger partial charge on any atom is 0.335 e. The largest absolute Gasteiger partial charge is 0.479 e. The first-order chi connectivity index (χ1) is 9.70. The van der Waals surface area contributed by atoms with Gasteiger partial charge in [0.25, 0.3) is 0 Å². The van der Waals surface area contributed by atoms with Crippen molar-refractivity contribution < 1.29 is 46.4 Å². The van der Waals surface area contributed by atoms with E-state index in [1.165, 1.54) is 9.07 Å². The molecule has 0 aliphatic heterocycles. The smallest absolute Gasteiger partial charge is 0.335 e. The Balaban J connectivity index is -0.000000347. The van der Waals surface area contributed by atoms with Crippen molar-refractivity contribution in [1.82, 2.24) is 0 Å². The summed E-state index contributed by atoms with van der Waals surface area (Å²) in [5.74, 6) is -1.73. The van der Waals surface area contributed by atoms with Gasteiger partial charge in [0, 0.05) is 0 Å². The van der Waals surface area contributed by atoms with Crippen LogP contribution in [0.3, 0.4) is 0 Å². The molecule has 2 radical (unpaired) electrons. The molecule has 23 heavy (non-hydrogen) atoms. The molecule has 4 atom stereocenters. The quantitative estimate of drug-likeness (QED) is 0.246. The van der Waals surface area contributed by atoms with Crippen LogP contribution in [-0.2, 0) is 4.79 Å². The molecule has 134 valence electrons. The minimum atomic E-state index is -2.20. The molecule has 0 bridgehead atoms. The van der Waals surface area contributed by atoms with Gasteiger partial charge in [0.2, 0.25) is 0 Å². The minimum Gasteiger partial charge on any atom is -0.479 e. The number of aliphatic hydroxyl groups is 5. The van der Waals surface area contributed by atoms with Gasteiger partial charge in [0.1, 0.15) is 18.3 Å². The first kappa shape index (κ1) is 27.1. The molecule has 0 unspecified atom stereocenters. The summed E-state index contributed by atoms with van der Waals surface area (Å²) in [5.41, 5.74) is 1.34. The summed E-state index contributed by atoms with van der Waals surface area (Å²) in [6.45, 7) is 1.26. The predicted octanol–water partition coefficient (Wildman–Crippen LogP) is -4.35. The zero-order valence-corrected chi connectivity index (χ0v) is 14.9.